The lowest BCUT2D eigenvalue weighted by Gasteiger charge is -2.03. The summed E-state index contributed by atoms with van der Waals surface area (Å²) >= 11 is 4.59. The first-order valence-corrected chi connectivity index (χ1v) is 7.94. The van der Waals surface area contributed by atoms with Crippen LogP contribution < -0.4 is 0 Å². The summed E-state index contributed by atoms with van der Waals surface area (Å²) in [6, 6.07) is 8.32. The third-order valence-corrected chi connectivity index (χ3v) is 3.52. The topological polar surface area (TPSA) is 12.4 Å². The van der Waals surface area contributed by atoms with E-state index in [4.69, 9.17) is 0 Å². The zero-order valence-corrected chi connectivity index (χ0v) is 12.8. The Morgan fingerprint density at radius 3 is 2.05 bits per heavy atom. The molecule has 1 aromatic carbocycles. The molecule has 0 fully saturated rings. The van der Waals surface area contributed by atoms with Crippen molar-refractivity contribution >= 4 is 23.1 Å². The number of aryl methyl sites for hydroxylation is 1. The quantitative estimate of drug-likeness (QED) is 0.285. The number of aliphatic imine (C=N–C) groups is 1. The van der Waals surface area contributed by atoms with Crippen LogP contribution in [0.2, 0.25) is 0 Å². The van der Waals surface area contributed by atoms with Gasteiger partial charge in [-0.2, -0.15) is 4.99 Å². The number of unbranched alkanes of at least 4 members (excludes halogenated alkanes) is 7. The third kappa shape index (κ3) is 7.92. The lowest BCUT2D eigenvalue weighted by molar-refractivity contribution is 0.575. The highest BCUT2D eigenvalue weighted by atomic mass is 32.1. The van der Waals surface area contributed by atoms with Gasteiger partial charge in [0, 0.05) is 0 Å². The predicted molar refractivity (Wildman–Crippen MR) is 87.4 cm³/mol. The van der Waals surface area contributed by atoms with E-state index in [1.807, 2.05) is 12.1 Å². The Labute approximate surface area is 123 Å². The van der Waals surface area contributed by atoms with Crippen molar-refractivity contribution < 1.29 is 0 Å². The van der Waals surface area contributed by atoms with Crippen LogP contribution in [0, 0.1) is 0 Å². The Hall–Kier alpha value is -0.980. The van der Waals surface area contributed by atoms with E-state index in [1.54, 1.807) is 0 Å². The van der Waals surface area contributed by atoms with E-state index in [2.05, 4.69) is 41.4 Å². The van der Waals surface area contributed by atoms with Crippen molar-refractivity contribution in [3.63, 3.8) is 0 Å². The average Bonchev–Trinajstić information content (AvgIpc) is 2.44. The van der Waals surface area contributed by atoms with Crippen LogP contribution in [-0.4, -0.2) is 5.16 Å². The maximum atomic E-state index is 4.59. The molecular formula is C17H25NS. The van der Waals surface area contributed by atoms with Crippen molar-refractivity contribution in [1.29, 1.82) is 0 Å². The zero-order valence-electron chi connectivity index (χ0n) is 12.0. The second-order valence-electron chi connectivity index (χ2n) is 5.09. The number of nitrogens with zero attached hydrogens (tertiary/aromatic N) is 1. The van der Waals surface area contributed by atoms with Crippen LogP contribution in [-0.2, 0) is 6.42 Å². The molecule has 0 unspecified atom stereocenters. The first-order chi connectivity index (χ1) is 9.36. The van der Waals surface area contributed by atoms with Gasteiger partial charge in [0.05, 0.1) is 10.8 Å². The van der Waals surface area contributed by atoms with E-state index in [1.165, 1.54) is 63.4 Å². The molecule has 0 aliphatic carbocycles. The van der Waals surface area contributed by atoms with E-state index in [9.17, 15) is 0 Å². The molecule has 0 bridgehead atoms. The Balaban J connectivity index is 2.07. The van der Waals surface area contributed by atoms with Crippen molar-refractivity contribution in [3.05, 3.63) is 29.8 Å². The highest BCUT2D eigenvalue weighted by molar-refractivity contribution is 7.78. The highest BCUT2D eigenvalue weighted by Gasteiger charge is 1.95. The van der Waals surface area contributed by atoms with Gasteiger partial charge in [-0.15, -0.1) is 0 Å². The molecule has 0 aliphatic heterocycles. The number of isothiocyanates is 1. The van der Waals surface area contributed by atoms with Crippen LogP contribution >= 0.6 is 12.2 Å². The van der Waals surface area contributed by atoms with Crippen LogP contribution in [0.5, 0.6) is 0 Å². The summed E-state index contributed by atoms with van der Waals surface area (Å²) in [7, 11) is 0. The van der Waals surface area contributed by atoms with Gasteiger partial charge in [0.2, 0.25) is 0 Å². The Kier molecular flexibility index (Phi) is 9.22. The molecule has 0 saturated heterocycles. The second kappa shape index (κ2) is 10.9. The lowest BCUT2D eigenvalue weighted by Crippen LogP contribution is -1.86. The van der Waals surface area contributed by atoms with Crippen molar-refractivity contribution in [2.45, 2.75) is 64.7 Å². The van der Waals surface area contributed by atoms with Crippen molar-refractivity contribution in [2.24, 2.45) is 4.99 Å². The number of rotatable bonds is 10. The van der Waals surface area contributed by atoms with Gasteiger partial charge in [0.25, 0.3) is 0 Å². The van der Waals surface area contributed by atoms with E-state index >= 15 is 0 Å². The summed E-state index contributed by atoms with van der Waals surface area (Å²) in [5, 5.41) is 2.39. The monoisotopic (exact) mass is 275 g/mol. The van der Waals surface area contributed by atoms with E-state index < -0.39 is 0 Å². The normalized spacial score (nSPS) is 10.2. The molecule has 0 heterocycles. The number of benzene rings is 1. The maximum absolute atomic E-state index is 4.59. The molecule has 104 valence electrons. The molecule has 0 atom stereocenters. The molecule has 1 rings (SSSR count). The van der Waals surface area contributed by atoms with E-state index in [0.29, 0.717) is 0 Å². The molecule has 0 aromatic heterocycles. The van der Waals surface area contributed by atoms with Gasteiger partial charge in [-0.25, -0.2) is 0 Å². The summed E-state index contributed by atoms with van der Waals surface area (Å²) in [5.41, 5.74) is 2.30. The van der Waals surface area contributed by atoms with Gasteiger partial charge in [-0.1, -0.05) is 64.0 Å². The molecule has 0 saturated carbocycles. The Morgan fingerprint density at radius 2 is 1.47 bits per heavy atom. The summed E-state index contributed by atoms with van der Waals surface area (Å²) in [6.07, 6.45) is 12.2. The van der Waals surface area contributed by atoms with Gasteiger partial charge < -0.3 is 0 Å². The van der Waals surface area contributed by atoms with Gasteiger partial charge in [0.1, 0.15) is 0 Å². The minimum atomic E-state index is 0.898. The van der Waals surface area contributed by atoms with Crippen molar-refractivity contribution in [2.75, 3.05) is 0 Å². The first kappa shape index (κ1) is 16.1. The zero-order chi connectivity index (χ0) is 13.8. The minimum Gasteiger partial charge on any atom is -0.195 e. The highest BCUT2D eigenvalue weighted by Crippen LogP contribution is 2.15. The number of hydrogen-bond acceptors (Lipinski definition) is 2. The number of hydrogen-bond donors (Lipinski definition) is 0. The third-order valence-electron chi connectivity index (χ3n) is 3.43. The van der Waals surface area contributed by atoms with Gasteiger partial charge in [-0.05, 0) is 42.8 Å². The molecule has 1 aromatic rings. The average molecular weight is 275 g/mol. The predicted octanol–water partition coefficient (Wildman–Crippen LogP) is 6.10. The fraction of sp³-hybridized carbons (Fsp3) is 0.588. The Bertz CT molecular complexity index is 377. The van der Waals surface area contributed by atoms with Crippen LogP contribution in [0.4, 0.5) is 5.69 Å². The largest absolute Gasteiger partial charge is 0.195 e. The van der Waals surface area contributed by atoms with Crippen LogP contribution in [0.25, 0.3) is 0 Å². The summed E-state index contributed by atoms with van der Waals surface area (Å²) in [4.78, 5) is 3.96. The number of thiocarbonyl (C=S) groups is 1. The minimum absolute atomic E-state index is 0.898. The fourth-order valence-electron chi connectivity index (χ4n) is 2.25. The van der Waals surface area contributed by atoms with Crippen molar-refractivity contribution in [1.82, 2.24) is 0 Å². The lowest BCUT2D eigenvalue weighted by atomic mass is 10.0. The molecular weight excluding hydrogens is 250 g/mol. The fourth-order valence-corrected chi connectivity index (χ4v) is 2.36. The van der Waals surface area contributed by atoms with Crippen molar-refractivity contribution in [3.8, 4) is 0 Å². The van der Waals surface area contributed by atoms with E-state index in [-0.39, 0.29) is 0 Å². The first-order valence-electron chi connectivity index (χ1n) is 7.53. The molecule has 0 amide bonds. The molecule has 0 spiro atoms. The Morgan fingerprint density at radius 1 is 0.895 bits per heavy atom. The molecule has 2 heteroatoms. The molecule has 0 radical (unpaired) electrons. The molecule has 0 N–H and O–H groups in total. The van der Waals surface area contributed by atoms with Crippen LogP contribution in [0.3, 0.4) is 0 Å². The maximum Gasteiger partial charge on any atom is 0.0739 e. The van der Waals surface area contributed by atoms with Crippen LogP contribution in [0.1, 0.15) is 63.9 Å². The summed E-state index contributed by atoms with van der Waals surface area (Å²) in [5.74, 6) is 0. The van der Waals surface area contributed by atoms with Gasteiger partial charge in [-0.3, -0.25) is 0 Å². The van der Waals surface area contributed by atoms with Crippen LogP contribution in [0.15, 0.2) is 29.3 Å². The summed E-state index contributed by atoms with van der Waals surface area (Å²) < 4.78 is 0. The standard InChI is InChI=1S/C17H25NS/c1-2-3-4-5-6-7-8-9-10-16-11-13-17(14-12-16)18-15-19/h11-14H,2-10H2,1H3. The molecule has 19 heavy (non-hydrogen) atoms. The van der Waals surface area contributed by atoms with E-state index in [0.717, 1.165) is 5.69 Å². The second-order valence-corrected chi connectivity index (χ2v) is 5.28. The smallest absolute Gasteiger partial charge is 0.0739 e. The van der Waals surface area contributed by atoms with Gasteiger partial charge >= 0.3 is 0 Å². The summed E-state index contributed by atoms with van der Waals surface area (Å²) in [6.45, 7) is 2.27. The molecule has 1 nitrogen and oxygen atoms in total. The SMILES string of the molecule is CCCCCCCCCCc1ccc(N=C=S)cc1. The van der Waals surface area contributed by atoms with Gasteiger partial charge in [0.15, 0.2) is 0 Å². The molecule has 0 aliphatic rings.